The van der Waals surface area contributed by atoms with Crippen molar-refractivity contribution in [3.8, 4) is 0 Å². The number of amides is 1. The Hall–Kier alpha value is -1.26. The SMILES string of the molecule is CC(C)[C@H](NC(=O)OC(C)(C)C)C(=O)OCC(C)(C)C. The fraction of sp³-hybridized carbons (Fsp3) is 0.867. The van der Waals surface area contributed by atoms with Crippen molar-refractivity contribution in [2.75, 3.05) is 6.61 Å². The van der Waals surface area contributed by atoms with E-state index in [1.165, 1.54) is 0 Å². The predicted molar refractivity (Wildman–Crippen MR) is 78.4 cm³/mol. The van der Waals surface area contributed by atoms with Gasteiger partial charge < -0.3 is 14.8 Å². The fourth-order valence-corrected chi connectivity index (χ4v) is 1.31. The molecule has 20 heavy (non-hydrogen) atoms. The van der Waals surface area contributed by atoms with Crippen LogP contribution in [0.2, 0.25) is 0 Å². The number of alkyl carbamates (subject to hydrolysis) is 1. The standard InChI is InChI=1S/C15H29NO4/c1-10(2)11(12(17)19-9-14(3,4)5)16-13(18)20-15(6,7)8/h10-11H,9H2,1-8H3,(H,16,18)/t11-/m0/s1. The molecule has 0 unspecified atom stereocenters. The van der Waals surface area contributed by atoms with E-state index in [9.17, 15) is 9.59 Å². The Bertz CT molecular complexity index is 337. The largest absolute Gasteiger partial charge is 0.464 e. The molecule has 0 aromatic rings. The molecule has 0 aromatic heterocycles. The first-order valence-electron chi connectivity index (χ1n) is 6.98. The van der Waals surface area contributed by atoms with Crippen LogP contribution in [0.1, 0.15) is 55.4 Å². The highest BCUT2D eigenvalue weighted by molar-refractivity contribution is 5.81. The minimum Gasteiger partial charge on any atom is -0.464 e. The summed E-state index contributed by atoms with van der Waals surface area (Å²) in [4.78, 5) is 23.8. The summed E-state index contributed by atoms with van der Waals surface area (Å²) in [5.74, 6) is -0.504. The van der Waals surface area contributed by atoms with Gasteiger partial charge in [0.05, 0.1) is 6.61 Å². The van der Waals surface area contributed by atoms with Gasteiger partial charge >= 0.3 is 12.1 Å². The molecule has 0 saturated carbocycles. The highest BCUT2D eigenvalue weighted by Crippen LogP contribution is 2.15. The topological polar surface area (TPSA) is 64.6 Å². The lowest BCUT2D eigenvalue weighted by Crippen LogP contribution is -2.47. The van der Waals surface area contributed by atoms with Crippen molar-refractivity contribution in [1.29, 1.82) is 0 Å². The van der Waals surface area contributed by atoms with E-state index >= 15 is 0 Å². The van der Waals surface area contributed by atoms with Gasteiger partial charge in [-0.3, -0.25) is 0 Å². The van der Waals surface area contributed by atoms with E-state index in [4.69, 9.17) is 9.47 Å². The average molecular weight is 287 g/mol. The molecule has 0 bridgehead atoms. The summed E-state index contributed by atoms with van der Waals surface area (Å²) < 4.78 is 10.4. The minimum absolute atomic E-state index is 0.0741. The van der Waals surface area contributed by atoms with Crippen molar-refractivity contribution in [1.82, 2.24) is 5.32 Å². The molecular formula is C15H29NO4. The molecule has 0 aliphatic heterocycles. The zero-order chi connectivity index (χ0) is 16.1. The molecule has 0 aliphatic carbocycles. The molecule has 1 atom stereocenters. The van der Waals surface area contributed by atoms with Gasteiger partial charge in [0.15, 0.2) is 0 Å². The minimum atomic E-state index is -0.702. The Morgan fingerprint density at radius 2 is 1.55 bits per heavy atom. The summed E-state index contributed by atoms with van der Waals surface area (Å²) in [6.45, 7) is 15.3. The Morgan fingerprint density at radius 1 is 1.05 bits per heavy atom. The smallest absolute Gasteiger partial charge is 0.408 e. The van der Waals surface area contributed by atoms with E-state index < -0.39 is 23.7 Å². The molecule has 0 saturated heterocycles. The summed E-state index contributed by atoms with van der Waals surface area (Å²) in [6.07, 6.45) is -0.607. The van der Waals surface area contributed by atoms with Crippen LogP contribution in [0.15, 0.2) is 0 Å². The number of rotatable bonds is 4. The molecule has 0 radical (unpaired) electrons. The zero-order valence-electron chi connectivity index (χ0n) is 14.0. The normalized spacial score (nSPS) is 13.8. The Labute approximate surface area is 122 Å². The van der Waals surface area contributed by atoms with Crippen molar-refractivity contribution < 1.29 is 19.1 Å². The highest BCUT2D eigenvalue weighted by Gasteiger charge is 2.29. The van der Waals surface area contributed by atoms with Crippen LogP contribution in [0.3, 0.4) is 0 Å². The van der Waals surface area contributed by atoms with E-state index in [0.29, 0.717) is 6.61 Å². The number of nitrogens with one attached hydrogen (secondary N) is 1. The van der Waals surface area contributed by atoms with Crippen molar-refractivity contribution in [2.45, 2.75) is 67.0 Å². The van der Waals surface area contributed by atoms with E-state index in [1.807, 2.05) is 34.6 Å². The van der Waals surface area contributed by atoms with Crippen LogP contribution >= 0.6 is 0 Å². The Morgan fingerprint density at radius 3 is 1.90 bits per heavy atom. The lowest BCUT2D eigenvalue weighted by Gasteiger charge is -2.26. The maximum atomic E-state index is 12.0. The average Bonchev–Trinajstić information content (AvgIpc) is 2.18. The van der Waals surface area contributed by atoms with Gasteiger partial charge in [-0.15, -0.1) is 0 Å². The number of carbonyl (C=O) groups excluding carboxylic acids is 2. The molecule has 1 amide bonds. The van der Waals surface area contributed by atoms with Crippen LogP contribution in [0.4, 0.5) is 4.79 Å². The lowest BCUT2D eigenvalue weighted by molar-refractivity contribution is -0.150. The molecule has 118 valence electrons. The third-order valence-electron chi connectivity index (χ3n) is 2.24. The second-order valence-electron chi connectivity index (χ2n) is 7.54. The molecule has 5 nitrogen and oxygen atoms in total. The van der Waals surface area contributed by atoms with E-state index in [1.54, 1.807) is 20.8 Å². The molecule has 0 aromatic carbocycles. The van der Waals surface area contributed by atoms with Crippen LogP contribution in [0.5, 0.6) is 0 Å². The third kappa shape index (κ3) is 8.77. The Balaban J connectivity index is 4.58. The first kappa shape index (κ1) is 18.7. The summed E-state index contributed by atoms with van der Waals surface area (Å²) in [6, 6.07) is -0.702. The van der Waals surface area contributed by atoms with Crippen LogP contribution in [-0.2, 0) is 14.3 Å². The summed E-state index contributed by atoms with van der Waals surface area (Å²) in [7, 11) is 0. The number of hydrogen-bond donors (Lipinski definition) is 1. The van der Waals surface area contributed by atoms with E-state index in [0.717, 1.165) is 0 Å². The second kappa shape index (κ2) is 6.95. The van der Waals surface area contributed by atoms with Gasteiger partial charge in [-0.1, -0.05) is 34.6 Å². The third-order valence-corrected chi connectivity index (χ3v) is 2.24. The van der Waals surface area contributed by atoms with Crippen molar-refractivity contribution >= 4 is 12.1 Å². The summed E-state index contributed by atoms with van der Waals surface area (Å²) in [5, 5.41) is 2.57. The van der Waals surface area contributed by atoms with Crippen molar-refractivity contribution in [3.63, 3.8) is 0 Å². The van der Waals surface area contributed by atoms with Crippen molar-refractivity contribution in [2.24, 2.45) is 11.3 Å². The highest BCUT2D eigenvalue weighted by atomic mass is 16.6. The molecule has 1 N–H and O–H groups in total. The van der Waals surface area contributed by atoms with E-state index in [2.05, 4.69) is 5.32 Å². The van der Waals surface area contributed by atoms with Gasteiger partial charge in [-0.2, -0.15) is 0 Å². The van der Waals surface area contributed by atoms with Gasteiger partial charge in [0.2, 0.25) is 0 Å². The summed E-state index contributed by atoms with van der Waals surface area (Å²) in [5.41, 5.74) is -0.704. The molecule has 0 fully saturated rings. The maximum absolute atomic E-state index is 12.0. The monoisotopic (exact) mass is 287 g/mol. The molecule has 0 rings (SSSR count). The van der Waals surface area contributed by atoms with Crippen molar-refractivity contribution in [3.05, 3.63) is 0 Å². The van der Waals surface area contributed by atoms with Gasteiger partial charge in [0.25, 0.3) is 0 Å². The number of carbonyl (C=O) groups is 2. The van der Waals surface area contributed by atoms with Crippen LogP contribution < -0.4 is 5.32 Å². The Kier molecular flexibility index (Phi) is 6.51. The van der Waals surface area contributed by atoms with Gasteiger partial charge in [-0.05, 0) is 32.1 Å². The number of esters is 1. The molecular weight excluding hydrogens is 258 g/mol. The van der Waals surface area contributed by atoms with E-state index in [-0.39, 0.29) is 11.3 Å². The molecule has 0 heterocycles. The maximum Gasteiger partial charge on any atom is 0.408 e. The second-order valence-corrected chi connectivity index (χ2v) is 7.54. The fourth-order valence-electron chi connectivity index (χ4n) is 1.31. The molecule has 5 heteroatoms. The first-order chi connectivity index (χ1) is 8.82. The quantitative estimate of drug-likeness (QED) is 0.807. The van der Waals surface area contributed by atoms with Crippen LogP contribution in [0.25, 0.3) is 0 Å². The van der Waals surface area contributed by atoms with Gasteiger partial charge in [-0.25, -0.2) is 9.59 Å². The number of ether oxygens (including phenoxy) is 2. The van der Waals surface area contributed by atoms with Gasteiger partial charge in [0, 0.05) is 0 Å². The molecule has 0 spiro atoms. The lowest BCUT2D eigenvalue weighted by atomic mass is 9.98. The molecule has 0 aliphatic rings. The first-order valence-corrected chi connectivity index (χ1v) is 6.98. The van der Waals surface area contributed by atoms with Crippen LogP contribution in [-0.4, -0.2) is 30.3 Å². The van der Waals surface area contributed by atoms with Crippen LogP contribution in [0, 0.1) is 11.3 Å². The predicted octanol–water partition coefficient (Wildman–Crippen LogP) is 3.13. The number of hydrogen-bond acceptors (Lipinski definition) is 4. The summed E-state index contributed by atoms with van der Waals surface area (Å²) >= 11 is 0. The van der Waals surface area contributed by atoms with Gasteiger partial charge in [0.1, 0.15) is 11.6 Å². The zero-order valence-corrected chi connectivity index (χ0v) is 14.0.